The monoisotopic (exact) mass is 259 g/mol. The van der Waals surface area contributed by atoms with Crippen molar-refractivity contribution in [1.29, 1.82) is 0 Å². The van der Waals surface area contributed by atoms with Crippen LogP contribution in [0.1, 0.15) is 58.8 Å². The predicted molar refractivity (Wildman–Crippen MR) is 76.8 cm³/mol. The van der Waals surface area contributed by atoms with Gasteiger partial charge < -0.3 is 5.32 Å². The van der Waals surface area contributed by atoms with Gasteiger partial charge in [0, 0.05) is 28.3 Å². The molecule has 3 heteroatoms. The Labute approximate surface area is 109 Å². The van der Waals surface area contributed by atoms with E-state index in [1.165, 1.54) is 32.1 Å². The lowest BCUT2D eigenvalue weighted by Crippen LogP contribution is -2.41. The lowest BCUT2D eigenvalue weighted by atomic mass is 9.84. The highest BCUT2D eigenvalue weighted by Gasteiger charge is 2.24. The Bertz CT molecular complexity index is 214. The summed E-state index contributed by atoms with van der Waals surface area (Å²) in [5.41, 5.74) is 0. The third-order valence-electron chi connectivity index (χ3n) is 3.78. The third-order valence-corrected chi connectivity index (χ3v) is 5.25. The molecule has 0 amide bonds. The van der Waals surface area contributed by atoms with Crippen molar-refractivity contribution < 1.29 is 4.21 Å². The Kier molecular flexibility index (Phi) is 8.12. The SMILES string of the molecule is CCCCS(=O)CC(NCC)C1CCCCC1. The molecular formula is C14H29NOS. The van der Waals surface area contributed by atoms with E-state index in [4.69, 9.17) is 0 Å². The Morgan fingerprint density at radius 2 is 1.94 bits per heavy atom. The van der Waals surface area contributed by atoms with Gasteiger partial charge in [0.05, 0.1) is 0 Å². The number of rotatable bonds is 8. The standard InChI is InChI=1S/C14H29NOS/c1-3-5-11-17(16)12-14(15-4-2)13-9-7-6-8-10-13/h13-15H,3-12H2,1-2H3. The molecular weight excluding hydrogens is 230 g/mol. The van der Waals surface area contributed by atoms with Crippen LogP contribution in [0.2, 0.25) is 0 Å². The largest absolute Gasteiger partial charge is 0.313 e. The first-order valence-electron chi connectivity index (χ1n) is 7.36. The Hall–Kier alpha value is 0.110. The zero-order chi connectivity index (χ0) is 12.5. The van der Waals surface area contributed by atoms with Gasteiger partial charge in [0.25, 0.3) is 0 Å². The van der Waals surface area contributed by atoms with Gasteiger partial charge in [0.15, 0.2) is 0 Å². The van der Waals surface area contributed by atoms with E-state index in [0.717, 1.165) is 36.8 Å². The van der Waals surface area contributed by atoms with E-state index in [1.807, 2.05) is 0 Å². The van der Waals surface area contributed by atoms with Crippen molar-refractivity contribution in [3.05, 3.63) is 0 Å². The first-order valence-corrected chi connectivity index (χ1v) is 8.85. The third kappa shape index (κ3) is 6.01. The summed E-state index contributed by atoms with van der Waals surface area (Å²) in [6.07, 6.45) is 9.07. The van der Waals surface area contributed by atoms with Crippen LogP contribution in [0.15, 0.2) is 0 Å². The van der Waals surface area contributed by atoms with Crippen LogP contribution >= 0.6 is 0 Å². The summed E-state index contributed by atoms with van der Waals surface area (Å²) in [6.45, 7) is 5.33. The van der Waals surface area contributed by atoms with Crippen LogP contribution in [0.25, 0.3) is 0 Å². The average Bonchev–Trinajstić information content (AvgIpc) is 2.37. The fourth-order valence-electron chi connectivity index (χ4n) is 2.75. The van der Waals surface area contributed by atoms with Gasteiger partial charge in [-0.1, -0.05) is 39.5 Å². The van der Waals surface area contributed by atoms with E-state index in [1.54, 1.807) is 0 Å². The molecule has 1 N–H and O–H groups in total. The maximum Gasteiger partial charge on any atom is 0.0391 e. The summed E-state index contributed by atoms with van der Waals surface area (Å²) in [4.78, 5) is 0. The van der Waals surface area contributed by atoms with Gasteiger partial charge in [-0.2, -0.15) is 0 Å². The van der Waals surface area contributed by atoms with Crippen molar-refractivity contribution >= 4 is 10.8 Å². The molecule has 2 nitrogen and oxygen atoms in total. The second-order valence-corrected chi connectivity index (χ2v) is 6.85. The van der Waals surface area contributed by atoms with Crippen LogP contribution in [0.5, 0.6) is 0 Å². The zero-order valence-electron chi connectivity index (χ0n) is 11.5. The minimum atomic E-state index is -0.616. The minimum absolute atomic E-state index is 0.498. The van der Waals surface area contributed by atoms with Gasteiger partial charge >= 0.3 is 0 Å². The van der Waals surface area contributed by atoms with E-state index in [2.05, 4.69) is 19.2 Å². The smallest absolute Gasteiger partial charge is 0.0391 e. The molecule has 1 fully saturated rings. The quantitative estimate of drug-likeness (QED) is 0.726. The number of hydrogen-bond donors (Lipinski definition) is 1. The summed E-state index contributed by atoms with van der Waals surface area (Å²) >= 11 is 0. The molecule has 0 spiro atoms. The van der Waals surface area contributed by atoms with E-state index in [-0.39, 0.29) is 0 Å². The van der Waals surface area contributed by atoms with Crippen molar-refractivity contribution in [2.45, 2.75) is 64.8 Å². The molecule has 2 atom stereocenters. The van der Waals surface area contributed by atoms with Crippen molar-refractivity contribution in [2.24, 2.45) is 5.92 Å². The van der Waals surface area contributed by atoms with E-state index >= 15 is 0 Å². The molecule has 0 radical (unpaired) electrons. The molecule has 102 valence electrons. The fourth-order valence-corrected chi connectivity index (χ4v) is 4.32. The van der Waals surface area contributed by atoms with Crippen LogP contribution in [0.4, 0.5) is 0 Å². The first kappa shape index (κ1) is 15.2. The molecule has 1 aliphatic rings. The first-order chi connectivity index (χ1) is 8.27. The Morgan fingerprint density at radius 1 is 1.24 bits per heavy atom. The molecule has 1 aliphatic carbocycles. The molecule has 1 saturated carbocycles. The molecule has 0 aromatic heterocycles. The number of unbranched alkanes of at least 4 members (excludes halogenated alkanes) is 1. The Balaban J connectivity index is 2.38. The molecule has 1 rings (SSSR count). The van der Waals surface area contributed by atoms with Gasteiger partial charge in [-0.25, -0.2) is 0 Å². The zero-order valence-corrected chi connectivity index (χ0v) is 12.4. The highest BCUT2D eigenvalue weighted by molar-refractivity contribution is 7.85. The topological polar surface area (TPSA) is 29.1 Å². The van der Waals surface area contributed by atoms with Gasteiger partial charge in [0.2, 0.25) is 0 Å². The normalized spacial score (nSPS) is 21.3. The van der Waals surface area contributed by atoms with E-state index in [0.29, 0.717) is 6.04 Å². The van der Waals surface area contributed by atoms with Crippen LogP contribution in [-0.2, 0) is 10.8 Å². The lowest BCUT2D eigenvalue weighted by molar-refractivity contribution is 0.287. The summed E-state index contributed by atoms with van der Waals surface area (Å²) in [5.74, 6) is 2.54. The molecule has 0 aromatic carbocycles. The van der Waals surface area contributed by atoms with Crippen molar-refractivity contribution in [3.63, 3.8) is 0 Å². The summed E-state index contributed by atoms with van der Waals surface area (Å²) in [6, 6.07) is 0.498. The predicted octanol–water partition coefficient (Wildman–Crippen LogP) is 3.09. The summed E-state index contributed by atoms with van der Waals surface area (Å²) < 4.78 is 12.0. The second kappa shape index (κ2) is 9.09. The number of hydrogen-bond acceptors (Lipinski definition) is 2. The van der Waals surface area contributed by atoms with Crippen LogP contribution in [0, 0.1) is 5.92 Å². The van der Waals surface area contributed by atoms with Gasteiger partial charge in [0.1, 0.15) is 0 Å². The van der Waals surface area contributed by atoms with E-state index in [9.17, 15) is 4.21 Å². The molecule has 0 bridgehead atoms. The van der Waals surface area contributed by atoms with Crippen molar-refractivity contribution in [2.75, 3.05) is 18.1 Å². The highest BCUT2D eigenvalue weighted by atomic mass is 32.2. The minimum Gasteiger partial charge on any atom is -0.313 e. The van der Waals surface area contributed by atoms with Crippen LogP contribution in [-0.4, -0.2) is 28.3 Å². The van der Waals surface area contributed by atoms with Crippen molar-refractivity contribution in [1.82, 2.24) is 5.32 Å². The second-order valence-electron chi connectivity index (χ2n) is 5.23. The molecule has 17 heavy (non-hydrogen) atoms. The van der Waals surface area contributed by atoms with Gasteiger partial charge in [-0.15, -0.1) is 0 Å². The van der Waals surface area contributed by atoms with Crippen LogP contribution < -0.4 is 5.32 Å². The van der Waals surface area contributed by atoms with Gasteiger partial charge in [-0.05, 0) is 31.7 Å². The van der Waals surface area contributed by atoms with Gasteiger partial charge in [-0.3, -0.25) is 4.21 Å². The summed E-state index contributed by atoms with van der Waals surface area (Å²) in [7, 11) is -0.616. The molecule has 2 unspecified atom stereocenters. The van der Waals surface area contributed by atoms with Crippen LogP contribution in [0.3, 0.4) is 0 Å². The van der Waals surface area contributed by atoms with E-state index < -0.39 is 10.8 Å². The van der Waals surface area contributed by atoms with Crippen molar-refractivity contribution in [3.8, 4) is 0 Å². The lowest BCUT2D eigenvalue weighted by Gasteiger charge is -2.30. The fraction of sp³-hybridized carbons (Fsp3) is 1.00. The highest BCUT2D eigenvalue weighted by Crippen LogP contribution is 2.26. The molecule has 0 aliphatic heterocycles. The Morgan fingerprint density at radius 3 is 2.53 bits per heavy atom. The maximum atomic E-state index is 12.0. The number of nitrogens with one attached hydrogen (secondary N) is 1. The summed E-state index contributed by atoms with van der Waals surface area (Å²) in [5, 5.41) is 3.57. The molecule has 0 aromatic rings. The molecule has 0 saturated heterocycles. The maximum absolute atomic E-state index is 12.0. The molecule has 0 heterocycles. The average molecular weight is 259 g/mol.